The van der Waals surface area contributed by atoms with Crippen LogP contribution in [0, 0.1) is 0 Å². The van der Waals surface area contributed by atoms with E-state index in [-0.39, 0.29) is 11.7 Å². The maximum atomic E-state index is 10.3. The summed E-state index contributed by atoms with van der Waals surface area (Å²) in [6.45, 7) is 0. The number of halogens is 1. The molecule has 0 saturated heterocycles. The van der Waals surface area contributed by atoms with Gasteiger partial charge in [-0.15, -0.1) is 0 Å². The van der Waals surface area contributed by atoms with E-state index in [0.29, 0.717) is 4.47 Å². The third-order valence-electron chi connectivity index (χ3n) is 1.05. The molecule has 1 rings (SSSR count). The smallest absolute Gasteiger partial charge is 0.371 e. The number of carbonyl (C=O) groups is 1. The van der Waals surface area contributed by atoms with E-state index in [1.807, 2.05) is 0 Å². The largest absolute Gasteiger partial charge is 0.475 e. The number of methoxy groups -OCH3 is 1. The van der Waals surface area contributed by atoms with E-state index >= 15 is 0 Å². The highest BCUT2D eigenvalue weighted by atomic mass is 79.9. The molecule has 11 heavy (non-hydrogen) atoms. The molecule has 1 aromatic rings. The van der Waals surface area contributed by atoms with Crippen molar-refractivity contribution in [3.05, 3.63) is 16.3 Å². The van der Waals surface area contributed by atoms with Crippen LogP contribution in [0.15, 0.2) is 15.0 Å². The van der Waals surface area contributed by atoms with Crippen molar-refractivity contribution < 1.29 is 19.1 Å². The molecule has 1 heterocycles. The molecule has 0 bridgehead atoms. The van der Waals surface area contributed by atoms with Gasteiger partial charge in [0, 0.05) is 6.07 Å². The molecule has 60 valence electrons. The van der Waals surface area contributed by atoms with Gasteiger partial charge < -0.3 is 14.3 Å². The Balaban J connectivity index is 3.05. The molecule has 0 spiro atoms. The van der Waals surface area contributed by atoms with Gasteiger partial charge in [0.05, 0.1) is 7.11 Å². The molecule has 4 nitrogen and oxygen atoms in total. The molecule has 0 aliphatic rings. The second kappa shape index (κ2) is 2.96. The topological polar surface area (TPSA) is 59.7 Å². The Labute approximate surface area is 70.9 Å². The van der Waals surface area contributed by atoms with Gasteiger partial charge in [-0.05, 0) is 15.9 Å². The van der Waals surface area contributed by atoms with E-state index < -0.39 is 5.97 Å². The van der Waals surface area contributed by atoms with Crippen molar-refractivity contribution in [3.8, 4) is 5.95 Å². The maximum absolute atomic E-state index is 10.3. The Bertz CT molecular complexity index is 278. The third-order valence-corrected chi connectivity index (χ3v) is 1.60. The molecule has 1 aromatic heterocycles. The fourth-order valence-corrected chi connectivity index (χ4v) is 1.05. The highest BCUT2D eigenvalue weighted by Gasteiger charge is 2.13. The summed E-state index contributed by atoms with van der Waals surface area (Å²) in [6, 6.07) is 1.33. The molecule has 0 aliphatic heterocycles. The minimum absolute atomic E-state index is 0.145. The van der Waals surface area contributed by atoms with Gasteiger partial charge in [-0.1, -0.05) is 0 Å². The summed E-state index contributed by atoms with van der Waals surface area (Å²) in [5, 5.41) is 8.45. The van der Waals surface area contributed by atoms with Gasteiger partial charge in [0.1, 0.15) is 4.47 Å². The standard InChI is InChI=1S/C6H5BrO4/c1-10-6-3(7)2-4(11-6)5(8)9/h2H,1H3,(H,8,9). The lowest BCUT2D eigenvalue weighted by atomic mass is 10.5. The van der Waals surface area contributed by atoms with E-state index in [9.17, 15) is 4.79 Å². The average Bonchev–Trinajstić information content (AvgIpc) is 2.31. The van der Waals surface area contributed by atoms with Crippen LogP contribution >= 0.6 is 15.9 Å². The first-order valence-corrected chi connectivity index (χ1v) is 3.51. The zero-order valence-electron chi connectivity index (χ0n) is 5.63. The van der Waals surface area contributed by atoms with E-state index in [2.05, 4.69) is 15.9 Å². The molecule has 0 aromatic carbocycles. The fraction of sp³-hybridized carbons (Fsp3) is 0.167. The molecule has 0 amide bonds. The molecule has 0 fully saturated rings. The Morgan fingerprint density at radius 3 is 2.73 bits per heavy atom. The summed E-state index contributed by atoms with van der Waals surface area (Å²) >= 11 is 3.06. The van der Waals surface area contributed by atoms with Crippen LogP contribution in [0.1, 0.15) is 10.6 Å². The summed E-state index contributed by atoms with van der Waals surface area (Å²) in [5.74, 6) is -1.09. The van der Waals surface area contributed by atoms with Crippen molar-refractivity contribution in [3.63, 3.8) is 0 Å². The van der Waals surface area contributed by atoms with Crippen molar-refractivity contribution in [2.75, 3.05) is 7.11 Å². The van der Waals surface area contributed by atoms with Crippen LogP contribution in [0.3, 0.4) is 0 Å². The van der Waals surface area contributed by atoms with Crippen LogP contribution in [0.4, 0.5) is 0 Å². The summed E-state index contributed by atoms with van der Waals surface area (Å²) < 4.78 is 9.95. The number of aromatic carboxylic acids is 1. The quantitative estimate of drug-likeness (QED) is 0.826. The molecule has 0 unspecified atom stereocenters. The predicted molar refractivity (Wildman–Crippen MR) is 39.9 cm³/mol. The highest BCUT2D eigenvalue weighted by Crippen LogP contribution is 2.28. The Morgan fingerprint density at radius 1 is 1.82 bits per heavy atom. The van der Waals surface area contributed by atoms with Gasteiger partial charge in [-0.3, -0.25) is 0 Å². The number of rotatable bonds is 2. The van der Waals surface area contributed by atoms with E-state index in [4.69, 9.17) is 14.3 Å². The molecule has 5 heteroatoms. The normalized spacial score (nSPS) is 9.64. The van der Waals surface area contributed by atoms with Gasteiger partial charge in [0.2, 0.25) is 5.76 Å². The minimum atomic E-state index is -1.12. The molecule has 1 N–H and O–H groups in total. The zero-order valence-corrected chi connectivity index (χ0v) is 7.21. The Hall–Kier alpha value is -0.970. The molecular weight excluding hydrogens is 216 g/mol. The second-order valence-corrected chi connectivity index (χ2v) is 2.61. The first kappa shape index (κ1) is 8.13. The number of ether oxygens (including phenoxy) is 1. The summed E-state index contributed by atoms with van der Waals surface area (Å²) in [6.07, 6.45) is 0. The molecule has 0 aliphatic carbocycles. The summed E-state index contributed by atoms with van der Waals surface area (Å²) in [5.41, 5.74) is 0. The van der Waals surface area contributed by atoms with Crippen LogP contribution in [-0.2, 0) is 0 Å². The number of hydrogen-bond donors (Lipinski definition) is 1. The van der Waals surface area contributed by atoms with Crippen molar-refractivity contribution in [2.24, 2.45) is 0 Å². The SMILES string of the molecule is COc1oc(C(=O)O)cc1Br. The van der Waals surface area contributed by atoms with Gasteiger partial charge in [-0.2, -0.15) is 0 Å². The van der Waals surface area contributed by atoms with Crippen molar-refractivity contribution >= 4 is 21.9 Å². The molecule has 0 saturated carbocycles. The number of hydrogen-bond acceptors (Lipinski definition) is 3. The van der Waals surface area contributed by atoms with Crippen LogP contribution in [0.25, 0.3) is 0 Å². The predicted octanol–water partition coefficient (Wildman–Crippen LogP) is 1.75. The molecule has 0 radical (unpaired) electrons. The highest BCUT2D eigenvalue weighted by molar-refractivity contribution is 9.10. The third kappa shape index (κ3) is 1.54. The number of carboxylic acid groups (broad SMARTS) is 1. The van der Waals surface area contributed by atoms with Gasteiger partial charge in [-0.25, -0.2) is 4.79 Å². The fourth-order valence-electron chi connectivity index (χ4n) is 0.597. The van der Waals surface area contributed by atoms with Gasteiger partial charge in [0.25, 0.3) is 5.95 Å². The van der Waals surface area contributed by atoms with Gasteiger partial charge in [0.15, 0.2) is 0 Å². The minimum Gasteiger partial charge on any atom is -0.475 e. The van der Waals surface area contributed by atoms with Crippen molar-refractivity contribution in [1.29, 1.82) is 0 Å². The lowest BCUT2D eigenvalue weighted by Crippen LogP contribution is -1.91. The number of carboxylic acids is 1. The number of furan rings is 1. The van der Waals surface area contributed by atoms with Crippen molar-refractivity contribution in [1.82, 2.24) is 0 Å². The lowest BCUT2D eigenvalue weighted by Gasteiger charge is -1.90. The van der Waals surface area contributed by atoms with Crippen LogP contribution in [0.2, 0.25) is 0 Å². The summed E-state index contributed by atoms with van der Waals surface area (Å²) in [4.78, 5) is 10.3. The Morgan fingerprint density at radius 2 is 2.45 bits per heavy atom. The van der Waals surface area contributed by atoms with E-state index in [1.165, 1.54) is 13.2 Å². The first-order chi connectivity index (χ1) is 5.15. The Kier molecular flexibility index (Phi) is 2.19. The monoisotopic (exact) mass is 220 g/mol. The van der Waals surface area contributed by atoms with Crippen LogP contribution < -0.4 is 4.74 Å². The molecule has 0 atom stereocenters. The van der Waals surface area contributed by atoms with Crippen molar-refractivity contribution in [2.45, 2.75) is 0 Å². The molecular formula is C6H5BrO4. The van der Waals surface area contributed by atoms with E-state index in [1.54, 1.807) is 0 Å². The van der Waals surface area contributed by atoms with Crippen LogP contribution in [0.5, 0.6) is 5.95 Å². The zero-order chi connectivity index (χ0) is 8.43. The summed E-state index contributed by atoms with van der Waals surface area (Å²) in [7, 11) is 1.40. The average molecular weight is 221 g/mol. The lowest BCUT2D eigenvalue weighted by molar-refractivity contribution is 0.0656. The van der Waals surface area contributed by atoms with E-state index in [0.717, 1.165) is 0 Å². The van der Waals surface area contributed by atoms with Crippen LogP contribution in [-0.4, -0.2) is 18.2 Å². The first-order valence-electron chi connectivity index (χ1n) is 2.71. The van der Waals surface area contributed by atoms with Gasteiger partial charge >= 0.3 is 5.97 Å². The maximum Gasteiger partial charge on any atom is 0.371 e. The second-order valence-electron chi connectivity index (χ2n) is 1.76.